The van der Waals surface area contributed by atoms with Crippen molar-refractivity contribution < 1.29 is 9.59 Å². The fourth-order valence-corrected chi connectivity index (χ4v) is 4.22. The lowest BCUT2D eigenvalue weighted by Gasteiger charge is -2.31. The Kier molecular flexibility index (Phi) is 9.04. The van der Waals surface area contributed by atoms with Gasteiger partial charge in [-0.2, -0.15) is 0 Å². The Bertz CT molecular complexity index is 1390. The van der Waals surface area contributed by atoms with Gasteiger partial charge in [-0.25, -0.2) is 0 Å². The molecule has 0 radical (unpaired) electrons. The lowest BCUT2D eigenvalue weighted by Crippen LogP contribution is -2.44. The Hall–Kier alpha value is -4.69. The maximum Gasteiger partial charge on any atom is 0.303 e. The lowest BCUT2D eigenvalue weighted by molar-refractivity contribution is -0.125. The van der Waals surface area contributed by atoms with Crippen LogP contribution in [0, 0.1) is 11.8 Å². The molecule has 0 saturated heterocycles. The van der Waals surface area contributed by atoms with Gasteiger partial charge in [0.1, 0.15) is 6.04 Å². The van der Waals surface area contributed by atoms with E-state index in [0.717, 1.165) is 23.1 Å². The number of rotatable bonds is 8. The summed E-state index contributed by atoms with van der Waals surface area (Å²) < 4.78 is 0. The van der Waals surface area contributed by atoms with Crippen molar-refractivity contribution in [3.8, 4) is 23.0 Å². The minimum Gasteiger partial charge on any atom is -0.347 e. The molecule has 0 aliphatic heterocycles. The SMILES string of the molecule is CCCC#CC(=O)N(c1ccc(-c2ccccc2)cc1)C(C(=O)N[C@@H](C)c1ccccc1)c1cccnc1. The Labute approximate surface area is 224 Å². The summed E-state index contributed by atoms with van der Waals surface area (Å²) in [5, 5.41) is 3.10. The van der Waals surface area contributed by atoms with E-state index in [9.17, 15) is 9.59 Å². The third-order valence-corrected chi connectivity index (χ3v) is 6.21. The predicted molar refractivity (Wildman–Crippen MR) is 152 cm³/mol. The zero-order chi connectivity index (χ0) is 26.7. The highest BCUT2D eigenvalue weighted by molar-refractivity contribution is 6.10. The van der Waals surface area contributed by atoms with Crippen LogP contribution in [0.4, 0.5) is 5.69 Å². The molecule has 0 aliphatic rings. The van der Waals surface area contributed by atoms with Crippen LogP contribution in [-0.4, -0.2) is 16.8 Å². The number of amides is 2. The molecule has 0 bridgehead atoms. The summed E-state index contributed by atoms with van der Waals surface area (Å²) >= 11 is 0. The van der Waals surface area contributed by atoms with Gasteiger partial charge >= 0.3 is 5.91 Å². The van der Waals surface area contributed by atoms with E-state index in [0.29, 0.717) is 17.7 Å². The van der Waals surface area contributed by atoms with Gasteiger partial charge in [-0.1, -0.05) is 91.7 Å². The first-order valence-electron chi connectivity index (χ1n) is 12.8. The second kappa shape index (κ2) is 13.0. The molecule has 4 rings (SSSR count). The van der Waals surface area contributed by atoms with E-state index >= 15 is 0 Å². The smallest absolute Gasteiger partial charge is 0.303 e. The van der Waals surface area contributed by atoms with E-state index in [1.807, 2.05) is 105 Å². The van der Waals surface area contributed by atoms with Gasteiger partial charge in [-0.15, -0.1) is 0 Å². The molecule has 0 fully saturated rings. The zero-order valence-corrected chi connectivity index (χ0v) is 21.7. The number of hydrogen-bond acceptors (Lipinski definition) is 3. The third-order valence-electron chi connectivity index (χ3n) is 6.21. The Morgan fingerprint density at radius 3 is 2.11 bits per heavy atom. The van der Waals surface area contributed by atoms with Crippen LogP contribution in [0.5, 0.6) is 0 Å². The first-order chi connectivity index (χ1) is 18.6. The normalized spacial score (nSPS) is 11.9. The van der Waals surface area contributed by atoms with Crippen LogP contribution in [-0.2, 0) is 9.59 Å². The van der Waals surface area contributed by atoms with Crippen molar-refractivity contribution in [1.82, 2.24) is 10.3 Å². The number of unbranched alkanes of at least 4 members (excludes halogenated alkanes) is 1. The van der Waals surface area contributed by atoms with Gasteiger partial charge in [-0.05, 0) is 54.2 Å². The van der Waals surface area contributed by atoms with Crippen molar-refractivity contribution in [2.75, 3.05) is 4.90 Å². The second-order valence-corrected chi connectivity index (χ2v) is 8.97. The number of nitrogens with one attached hydrogen (secondary N) is 1. The van der Waals surface area contributed by atoms with E-state index in [2.05, 4.69) is 22.1 Å². The van der Waals surface area contributed by atoms with Crippen LogP contribution < -0.4 is 10.2 Å². The molecule has 1 N–H and O–H groups in total. The van der Waals surface area contributed by atoms with E-state index in [4.69, 9.17) is 0 Å². The van der Waals surface area contributed by atoms with Gasteiger partial charge < -0.3 is 5.32 Å². The topological polar surface area (TPSA) is 62.3 Å². The molecule has 38 heavy (non-hydrogen) atoms. The van der Waals surface area contributed by atoms with Gasteiger partial charge in [-0.3, -0.25) is 19.5 Å². The maximum atomic E-state index is 13.9. The second-order valence-electron chi connectivity index (χ2n) is 8.97. The molecule has 2 atom stereocenters. The third kappa shape index (κ3) is 6.54. The Morgan fingerprint density at radius 1 is 0.842 bits per heavy atom. The first kappa shape index (κ1) is 26.4. The molecule has 1 aromatic heterocycles. The first-order valence-corrected chi connectivity index (χ1v) is 12.8. The van der Waals surface area contributed by atoms with Crippen LogP contribution in [0.3, 0.4) is 0 Å². The standard InChI is InChI=1S/C33H31N3O2/c1-3-4-7-18-31(37)36(30-21-19-28(20-22-30)27-15-10-6-11-16-27)32(29-17-12-23-34-24-29)33(38)35-25(2)26-13-8-5-9-14-26/h5-6,8-17,19-25,32H,3-4H2,1-2H3,(H,35,38)/t25-,32?/m0/s1. The largest absolute Gasteiger partial charge is 0.347 e. The molecule has 1 heterocycles. The van der Waals surface area contributed by atoms with Crippen LogP contribution in [0.1, 0.15) is 49.9 Å². The summed E-state index contributed by atoms with van der Waals surface area (Å²) in [5.74, 6) is 4.95. The molecule has 2 amide bonds. The fraction of sp³-hybridized carbons (Fsp3) is 0.182. The highest BCUT2D eigenvalue weighted by Crippen LogP contribution is 2.30. The average molecular weight is 502 g/mol. The molecule has 5 nitrogen and oxygen atoms in total. The molecule has 4 aromatic rings. The summed E-state index contributed by atoms with van der Waals surface area (Å²) in [6.45, 7) is 3.94. The number of pyridine rings is 1. The number of carbonyl (C=O) groups excluding carboxylic acids is 2. The van der Waals surface area contributed by atoms with Crippen LogP contribution >= 0.6 is 0 Å². The van der Waals surface area contributed by atoms with E-state index in [1.165, 1.54) is 4.90 Å². The number of anilines is 1. The van der Waals surface area contributed by atoms with Crippen LogP contribution in [0.25, 0.3) is 11.1 Å². The molecule has 0 spiro atoms. The quantitative estimate of drug-likeness (QED) is 0.280. The van der Waals surface area contributed by atoms with Gasteiger partial charge in [0.05, 0.1) is 6.04 Å². The summed E-state index contributed by atoms with van der Waals surface area (Å²) in [4.78, 5) is 33.2. The van der Waals surface area contributed by atoms with Crippen LogP contribution in [0.2, 0.25) is 0 Å². The van der Waals surface area contributed by atoms with Crippen molar-refractivity contribution in [1.29, 1.82) is 0 Å². The molecule has 190 valence electrons. The van der Waals surface area contributed by atoms with Crippen molar-refractivity contribution in [3.05, 3.63) is 121 Å². The van der Waals surface area contributed by atoms with Crippen molar-refractivity contribution in [2.24, 2.45) is 0 Å². The molecular weight excluding hydrogens is 470 g/mol. The van der Waals surface area contributed by atoms with Crippen molar-refractivity contribution in [3.63, 3.8) is 0 Å². The van der Waals surface area contributed by atoms with Crippen molar-refractivity contribution in [2.45, 2.75) is 38.8 Å². The summed E-state index contributed by atoms with van der Waals surface area (Å²) in [6.07, 6.45) is 4.71. The molecular formula is C33H31N3O2. The minimum atomic E-state index is -0.958. The van der Waals surface area contributed by atoms with E-state index in [-0.39, 0.29) is 11.9 Å². The Balaban J connectivity index is 1.75. The van der Waals surface area contributed by atoms with Crippen LogP contribution in [0.15, 0.2) is 109 Å². The number of aromatic nitrogens is 1. The highest BCUT2D eigenvalue weighted by atomic mass is 16.2. The summed E-state index contributed by atoms with van der Waals surface area (Å²) in [7, 11) is 0. The van der Waals surface area contributed by atoms with Gasteiger partial charge in [0.2, 0.25) is 5.91 Å². The number of hydrogen-bond donors (Lipinski definition) is 1. The lowest BCUT2D eigenvalue weighted by atomic mass is 10.0. The fourth-order valence-electron chi connectivity index (χ4n) is 4.22. The number of benzene rings is 3. The highest BCUT2D eigenvalue weighted by Gasteiger charge is 2.33. The van der Waals surface area contributed by atoms with E-state index < -0.39 is 11.9 Å². The monoisotopic (exact) mass is 501 g/mol. The molecule has 1 unspecified atom stereocenters. The molecule has 5 heteroatoms. The Morgan fingerprint density at radius 2 is 1.47 bits per heavy atom. The summed E-state index contributed by atoms with van der Waals surface area (Å²) in [6, 6.07) is 29.7. The predicted octanol–water partition coefficient (Wildman–Crippen LogP) is 6.50. The minimum absolute atomic E-state index is 0.258. The number of nitrogens with zero attached hydrogens (tertiary/aromatic N) is 2. The average Bonchev–Trinajstić information content (AvgIpc) is 2.97. The zero-order valence-electron chi connectivity index (χ0n) is 21.7. The van der Waals surface area contributed by atoms with Crippen molar-refractivity contribution >= 4 is 17.5 Å². The number of carbonyl (C=O) groups is 2. The van der Waals surface area contributed by atoms with Gasteiger partial charge in [0, 0.05) is 30.1 Å². The van der Waals surface area contributed by atoms with Gasteiger partial charge in [0.25, 0.3) is 0 Å². The van der Waals surface area contributed by atoms with E-state index in [1.54, 1.807) is 18.5 Å². The summed E-state index contributed by atoms with van der Waals surface area (Å²) in [5.41, 5.74) is 4.23. The molecule has 0 aliphatic carbocycles. The molecule has 3 aromatic carbocycles. The molecule has 0 saturated carbocycles. The maximum absolute atomic E-state index is 13.9. The van der Waals surface area contributed by atoms with Gasteiger partial charge in [0.15, 0.2) is 0 Å².